The van der Waals surface area contributed by atoms with Crippen molar-refractivity contribution < 1.29 is 38.4 Å². The lowest BCUT2D eigenvalue weighted by molar-refractivity contribution is 0.147. The van der Waals surface area contributed by atoms with E-state index in [0.29, 0.717) is 54.5 Å². The molecule has 4 fully saturated rings. The zero-order valence-corrected chi connectivity index (χ0v) is 32.6. The zero-order valence-electron chi connectivity index (χ0n) is 29.4. The van der Waals surface area contributed by atoms with Crippen molar-refractivity contribution in [1.29, 1.82) is 0 Å². The van der Waals surface area contributed by atoms with E-state index in [1.807, 2.05) is 4.72 Å². The van der Waals surface area contributed by atoms with Crippen LogP contribution in [0.15, 0.2) is 53.6 Å². The highest BCUT2D eigenvalue weighted by Crippen LogP contribution is 2.46. The van der Waals surface area contributed by atoms with Gasteiger partial charge in [-0.05, 0) is 68.9 Å². The Hall–Kier alpha value is -3.85. The fraction of sp³-hybridized carbons (Fsp3) is 0.457. The van der Waals surface area contributed by atoms with Crippen molar-refractivity contribution in [3.05, 3.63) is 66.1 Å². The molecule has 0 saturated carbocycles. The summed E-state index contributed by atoms with van der Waals surface area (Å²) in [4.78, 5) is 17.9. The smallest absolute Gasteiger partial charge is 0.267 e. The van der Waals surface area contributed by atoms with Crippen molar-refractivity contribution >= 4 is 57.8 Å². The summed E-state index contributed by atoms with van der Waals surface area (Å²) >= 11 is 1.30. The first-order chi connectivity index (χ1) is 26.2. The van der Waals surface area contributed by atoms with Gasteiger partial charge in [0.05, 0.1) is 45.0 Å². The normalized spacial score (nSPS) is 23.1. The van der Waals surface area contributed by atoms with E-state index in [1.54, 1.807) is 6.07 Å². The number of benzene rings is 2. The predicted octanol–water partition coefficient (Wildman–Crippen LogP) is 4.70. The number of hydrogen-bond acceptors (Lipinski definition) is 13. The molecule has 0 spiro atoms. The second-order valence-corrected chi connectivity index (χ2v) is 21.7. The number of sulfone groups is 2. The maximum absolute atomic E-state index is 16.6. The molecule has 4 saturated heterocycles. The van der Waals surface area contributed by atoms with Crippen LogP contribution in [0.2, 0.25) is 0 Å². The van der Waals surface area contributed by atoms with Crippen LogP contribution in [0.25, 0.3) is 21.8 Å². The van der Waals surface area contributed by atoms with Gasteiger partial charge < -0.3 is 10.2 Å². The van der Waals surface area contributed by atoms with Gasteiger partial charge in [-0.25, -0.2) is 53.4 Å². The molecule has 4 aromatic rings. The van der Waals surface area contributed by atoms with E-state index in [4.69, 9.17) is 9.97 Å². The fourth-order valence-electron chi connectivity index (χ4n) is 8.06. The van der Waals surface area contributed by atoms with Gasteiger partial charge in [-0.1, -0.05) is 23.5 Å². The van der Waals surface area contributed by atoms with Gasteiger partial charge in [-0.2, -0.15) is 0 Å². The number of thiazole rings is 1. The first-order valence-corrected chi connectivity index (χ1v) is 23.9. The zero-order chi connectivity index (χ0) is 38.7. The lowest BCUT2D eigenvalue weighted by Crippen LogP contribution is -2.57. The largest absolute Gasteiger partial charge is 0.351 e. The molecule has 4 aliphatic heterocycles. The molecule has 0 aliphatic carbocycles. The van der Waals surface area contributed by atoms with Crippen molar-refractivity contribution in [2.45, 2.75) is 67.6 Å². The minimum atomic E-state index is -4.90. The Morgan fingerprint density at radius 2 is 1.38 bits per heavy atom. The van der Waals surface area contributed by atoms with E-state index in [9.17, 15) is 34.0 Å². The minimum absolute atomic E-state index is 0.0467. The highest BCUT2D eigenvalue weighted by atomic mass is 32.2. The van der Waals surface area contributed by atoms with Gasteiger partial charge in [0.2, 0.25) is 5.95 Å². The Bertz CT molecular complexity index is 2410. The molecule has 0 radical (unpaired) electrons. The Kier molecular flexibility index (Phi) is 10.1. The SMILES string of the molecule is O=S1(=O)CCC(Nc2nccc(-c3sc(N4C5CCC4CN(C4CCS(=O)(=O)CC4)C5)nc3-c3cccc(NS(=O)(=O)c4c(F)cccc4F)c3F)n2)CC1. The molecule has 2 aromatic carbocycles. The van der Waals surface area contributed by atoms with Crippen LogP contribution in [0.3, 0.4) is 0 Å². The van der Waals surface area contributed by atoms with E-state index >= 15 is 4.39 Å². The number of anilines is 3. The molecule has 2 N–H and O–H groups in total. The maximum atomic E-state index is 16.6. The van der Waals surface area contributed by atoms with E-state index in [-0.39, 0.29) is 64.4 Å². The van der Waals surface area contributed by atoms with Crippen LogP contribution in [0.5, 0.6) is 0 Å². The number of halogens is 3. The molecule has 2 atom stereocenters. The van der Waals surface area contributed by atoms with Crippen molar-refractivity contribution in [2.24, 2.45) is 0 Å². The summed E-state index contributed by atoms with van der Waals surface area (Å²) in [6.07, 6.45) is 5.27. The second kappa shape index (κ2) is 14.6. The molecule has 55 heavy (non-hydrogen) atoms. The van der Waals surface area contributed by atoms with Crippen molar-refractivity contribution in [3.63, 3.8) is 0 Å². The number of aromatic nitrogens is 3. The van der Waals surface area contributed by atoms with Crippen LogP contribution in [-0.4, -0.2) is 105 Å². The summed E-state index contributed by atoms with van der Waals surface area (Å²) in [5.41, 5.74) is -0.0518. The molecule has 20 heteroatoms. The van der Waals surface area contributed by atoms with Gasteiger partial charge in [0.15, 0.2) is 15.8 Å². The van der Waals surface area contributed by atoms with Gasteiger partial charge in [0, 0.05) is 49.0 Å². The van der Waals surface area contributed by atoms with E-state index < -0.39 is 57.7 Å². The summed E-state index contributed by atoms with van der Waals surface area (Å²) in [5.74, 6) is -2.98. The Labute approximate surface area is 321 Å². The number of likely N-dealkylation sites (tertiary alicyclic amines) is 1. The van der Waals surface area contributed by atoms with Crippen LogP contribution in [-0.2, 0) is 29.7 Å². The standard InChI is InChI=1S/C35H38F3N7O6S4/c36-26-4-2-5-27(37)33(26)55(50,51)43-28-6-1-3-25(30(28)38)31-32(29-9-14-39-34(41-29)40-21-10-15-53(46,47)16-11-21)52-35(42-31)45-23-7-8-24(45)20-44(19-23)22-12-17-54(48,49)18-13-22/h1-6,9,14,21-24,43H,7-8,10-13,15-20H2,(H,39,40,41). The van der Waals surface area contributed by atoms with E-state index in [2.05, 4.69) is 20.1 Å². The third-order valence-corrected chi connectivity index (χ3v) is 16.8. The van der Waals surface area contributed by atoms with Gasteiger partial charge in [-0.3, -0.25) is 9.62 Å². The van der Waals surface area contributed by atoms with Crippen molar-refractivity contribution in [3.8, 4) is 21.8 Å². The van der Waals surface area contributed by atoms with Crippen LogP contribution in [0.1, 0.15) is 38.5 Å². The lowest BCUT2D eigenvalue weighted by atomic mass is 10.1. The topological polar surface area (TPSA) is 172 Å². The average molecular weight is 838 g/mol. The molecular formula is C35H38F3N7O6S4. The number of nitrogens with zero attached hydrogens (tertiary/aromatic N) is 5. The fourth-order valence-corrected chi connectivity index (χ4v) is 13.4. The monoisotopic (exact) mass is 837 g/mol. The van der Waals surface area contributed by atoms with Crippen LogP contribution in [0, 0.1) is 17.5 Å². The highest BCUT2D eigenvalue weighted by Gasteiger charge is 2.44. The maximum Gasteiger partial charge on any atom is 0.267 e. The highest BCUT2D eigenvalue weighted by molar-refractivity contribution is 7.92. The van der Waals surface area contributed by atoms with Gasteiger partial charge >= 0.3 is 0 Å². The molecular weight excluding hydrogens is 800 g/mol. The molecule has 6 heterocycles. The summed E-state index contributed by atoms with van der Waals surface area (Å²) in [6, 6.07) is 8.37. The minimum Gasteiger partial charge on any atom is -0.351 e. The lowest BCUT2D eigenvalue weighted by Gasteiger charge is -2.45. The van der Waals surface area contributed by atoms with E-state index in [0.717, 1.165) is 37.1 Å². The predicted molar refractivity (Wildman–Crippen MR) is 204 cm³/mol. The number of rotatable bonds is 9. The first-order valence-electron chi connectivity index (χ1n) is 18.0. The van der Waals surface area contributed by atoms with Crippen molar-refractivity contribution in [2.75, 3.05) is 51.0 Å². The molecule has 2 bridgehead atoms. The number of hydrogen-bond donors (Lipinski definition) is 2. The summed E-state index contributed by atoms with van der Waals surface area (Å²) in [5, 5.41) is 3.83. The summed E-state index contributed by atoms with van der Waals surface area (Å²) in [6.45, 7) is 1.42. The Morgan fingerprint density at radius 1 is 0.764 bits per heavy atom. The van der Waals surface area contributed by atoms with Crippen LogP contribution < -0.4 is 14.9 Å². The van der Waals surface area contributed by atoms with Gasteiger partial charge in [0.1, 0.15) is 31.3 Å². The summed E-state index contributed by atoms with van der Waals surface area (Å²) < 4.78 is 122. The molecule has 4 aliphatic rings. The summed E-state index contributed by atoms with van der Waals surface area (Å²) in [7, 11) is -11.0. The molecule has 0 amide bonds. The van der Waals surface area contributed by atoms with Gasteiger partial charge in [-0.15, -0.1) is 0 Å². The molecule has 13 nitrogen and oxygen atoms in total. The average Bonchev–Trinajstić information content (AvgIpc) is 3.67. The van der Waals surface area contributed by atoms with Gasteiger partial charge in [0.25, 0.3) is 10.0 Å². The Balaban J connectivity index is 1.15. The van der Waals surface area contributed by atoms with Crippen LogP contribution in [0.4, 0.5) is 29.9 Å². The molecule has 8 rings (SSSR count). The number of fused-ring (bicyclic) bond motifs is 2. The molecule has 294 valence electrons. The quantitative estimate of drug-likeness (QED) is 0.239. The van der Waals surface area contributed by atoms with Crippen molar-refractivity contribution in [1.82, 2.24) is 19.9 Å². The third kappa shape index (κ3) is 7.79. The molecule has 2 unspecified atom stereocenters. The number of piperazine rings is 1. The number of sulfonamides is 1. The second-order valence-electron chi connectivity index (χ2n) is 14.5. The Morgan fingerprint density at radius 3 is 2.04 bits per heavy atom. The van der Waals surface area contributed by atoms with Crippen LogP contribution >= 0.6 is 11.3 Å². The van der Waals surface area contributed by atoms with E-state index in [1.165, 1.54) is 29.7 Å². The number of nitrogens with one attached hydrogen (secondary N) is 2. The first kappa shape index (κ1) is 38.0. The third-order valence-electron chi connectivity index (χ3n) is 10.8. The molecule has 2 aromatic heterocycles.